The number of carbonyl (C=O) groups excluding carboxylic acids is 2. The van der Waals surface area contributed by atoms with Crippen LogP contribution in [0.3, 0.4) is 0 Å². The van der Waals surface area contributed by atoms with Gasteiger partial charge in [-0.15, -0.1) is 0 Å². The highest BCUT2D eigenvalue weighted by atomic mass is 16.3. The molecule has 1 aromatic heterocycles. The van der Waals surface area contributed by atoms with Gasteiger partial charge in [-0.1, -0.05) is 51.1 Å². The first kappa shape index (κ1) is 25.1. The second-order valence-electron chi connectivity index (χ2n) is 10.0. The predicted molar refractivity (Wildman–Crippen MR) is 137 cm³/mol. The fraction of sp³-hybridized carbons (Fsp3) is 0.357. The molecule has 6 nitrogen and oxygen atoms in total. The molecular formula is C28H35N3O3. The van der Waals surface area contributed by atoms with E-state index >= 15 is 0 Å². The lowest BCUT2D eigenvalue weighted by atomic mass is 9.92. The molecule has 0 radical (unpaired) electrons. The van der Waals surface area contributed by atoms with Gasteiger partial charge in [0.05, 0.1) is 12.3 Å². The van der Waals surface area contributed by atoms with Gasteiger partial charge in [0, 0.05) is 38.4 Å². The van der Waals surface area contributed by atoms with E-state index < -0.39 is 0 Å². The molecule has 2 aromatic carbocycles. The van der Waals surface area contributed by atoms with E-state index in [0.717, 1.165) is 16.8 Å². The van der Waals surface area contributed by atoms with Crippen LogP contribution in [0, 0.1) is 5.41 Å². The van der Waals surface area contributed by atoms with Crippen molar-refractivity contribution in [3.8, 4) is 0 Å². The lowest BCUT2D eigenvalue weighted by Gasteiger charge is -2.31. The van der Waals surface area contributed by atoms with E-state index in [-0.39, 0.29) is 23.3 Å². The molecule has 0 fully saturated rings. The van der Waals surface area contributed by atoms with Crippen molar-refractivity contribution in [1.29, 1.82) is 0 Å². The van der Waals surface area contributed by atoms with Crippen LogP contribution in [0.5, 0.6) is 0 Å². The summed E-state index contributed by atoms with van der Waals surface area (Å²) in [5, 5.41) is 3.02. The van der Waals surface area contributed by atoms with Gasteiger partial charge in [-0.3, -0.25) is 9.59 Å². The van der Waals surface area contributed by atoms with E-state index in [4.69, 9.17) is 4.42 Å². The standard InChI is InChI=1S/C28H35N3O3/c1-20(21-11-8-7-9-12-21)31(27(33)25-13-10-16-34-25)19-22-17-23(14-15-24(22)30(5)6)29-26(32)18-28(2,3)4/h7-17,20H,18-19H2,1-6H3,(H,29,32). The number of furan rings is 1. The maximum Gasteiger partial charge on any atom is 0.290 e. The fourth-order valence-corrected chi connectivity index (χ4v) is 3.93. The largest absolute Gasteiger partial charge is 0.459 e. The number of nitrogens with zero attached hydrogens (tertiary/aromatic N) is 2. The van der Waals surface area contributed by atoms with Crippen molar-refractivity contribution in [3.63, 3.8) is 0 Å². The number of carbonyl (C=O) groups is 2. The molecule has 180 valence electrons. The van der Waals surface area contributed by atoms with Crippen LogP contribution in [-0.2, 0) is 11.3 Å². The summed E-state index contributed by atoms with van der Waals surface area (Å²) in [5.74, 6) is 0.0780. The molecular weight excluding hydrogens is 426 g/mol. The van der Waals surface area contributed by atoms with Gasteiger partial charge in [-0.05, 0) is 53.8 Å². The van der Waals surface area contributed by atoms with Crippen molar-refractivity contribution in [1.82, 2.24) is 4.90 Å². The average Bonchev–Trinajstić information content (AvgIpc) is 3.31. The van der Waals surface area contributed by atoms with E-state index in [9.17, 15) is 9.59 Å². The Morgan fingerprint density at radius 3 is 2.29 bits per heavy atom. The maximum absolute atomic E-state index is 13.5. The first-order valence-electron chi connectivity index (χ1n) is 11.5. The first-order chi connectivity index (χ1) is 16.0. The van der Waals surface area contributed by atoms with Crippen LogP contribution in [0.2, 0.25) is 0 Å². The van der Waals surface area contributed by atoms with Crippen LogP contribution < -0.4 is 10.2 Å². The van der Waals surface area contributed by atoms with E-state index in [1.807, 2.05) is 95.2 Å². The third-order valence-corrected chi connectivity index (χ3v) is 5.62. The topological polar surface area (TPSA) is 65.8 Å². The minimum absolute atomic E-state index is 0.0303. The quantitative estimate of drug-likeness (QED) is 0.439. The minimum Gasteiger partial charge on any atom is -0.459 e. The van der Waals surface area contributed by atoms with Crippen LogP contribution in [0.25, 0.3) is 0 Å². The molecule has 1 heterocycles. The number of hydrogen-bond acceptors (Lipinski definition) is 4. The number of amides is 2. The van der Waals surface area contributed by atoms with Crippen molar-refractivity contribution in [2.75, 3.05) is 24.3 Å². The molecule has 1 unspecified atom stereocenters. The summed E-state index contributed by atoms with van der Waals surface area (Å²) in [7, 11) is 3.94. The smallest absolute Gasteiger partial charge is 0.290 e. The molecule has 0 aliphatic rings. The number of anilines is 2. The number of benzene rings is 2. The number of nitrogens with one attached hydrogen (secondary N) is 1. The van der Waals surface area contributed by atoms with Gasteiger partial charge in [-0.25, -0.2) is 0 Å². The number of rotatable bonds is 8. The zero-order valence-electron chi connectivity index (χ0n) is 21.0. The van der Waals surface area contributed by atoms with Crippen molar-refractivity contribution in [3.05, 3.63) is 83.8 Å². The van der Waals surface area contributed by atoms with Gasteiger partial charge in [-0.2, -0.15) is 0 Å². The highest BCUT2D eigenvalue weighted by Gasteiger charge is 2.26. The van der Waals surface area contributed by atoms with E-state index in [1.165, 1.54) is 6.26 Å². The second-order valence-corrected chi connectivity index (χ2v) is 10.0. The molecule has 0 spiro atoms. The van der Waals surface area contributed by atoms with Gasteiger partial charge in [0.2, 0.25) is 5.91 Å². The summed E-state index contributed by atoms with van der Waals surface area (Å²) in [4.78, 5) is 29.8. The molecule has 2 amide bonds. The third kappa shape index (κ3) is 6.50. The van der Waals surface area contributed by atoms with Crippen LogP contribution in [0.4, 0.5) is 11.4 Å². The number of hydrogen-bond donors (Lipinski definition) is 1. The third-order valence-electron chi connectivity index (χ3n) is 5.62. The van der Waals surface area contributed by atoms with Crippen molar-refractivity contribution < 1.29 is 14.0 Å². The SMILES string of the molecule is CC(c1ccccc1)N(Cc1cc(NC(=O)CC(C)(C)C)ccc1N(C)C)C(=O)c1ccco1. The van der Waals surface area contributed by atoms with Crippen LogP contribution in [-0.4, -0.2) is 30.8 Å². The normalized spacial score (nSPS) is 12.2. The molecule has 3 rings (SSSR count). The fourth-order valence-electron chi connectivity index (χ4n) is 3.93. The molecule has 0 aliphatic carbocycles. The van der Waals surface area contributed by atoms with Crippen molar-refractivity contribution in [2.24, 2.45) is 5.41 Å². The summed E-state index contributed by atoms with van der Waals surface area (Å²) < 4.78 is 5.44. The zero-order chi connectivity index (χ0) is 24.9. The molecule has 0 bridgehead atoms. The van der Waals surface area contributed by atoms with E-state index in [1.54, 1.807) is 17.0 Å². The van der Waals surface area contributed by atoms with Gasteiger partial charge < -0.3 is 19.5 Å². The molecule has 0 aliphatic heterocycles. The molecule has 0 saturated heterocycles. The Labute approximate surface area is 202 Å². The van der Waals surface area contributed by atoms with Crippen molar-refractivity contribution in [2.45, 2.75) is 46.7 Å². The second kappa shape index (κ2) is 10.6. The van der Waals surface area contributed by atoms with E-state index in [0.29, 0.717) is 24.4 Å². The Kier molecular flexibility index (Phi) is 7.82. The summed E-state index contributed by atoms with van der Waals surface area (Å²) in [6.07, 6.45) is 1.93. The molecule has 1 N–H and O–H groups in total. The van der Waals surface area contributed by atoms with E-state index in [2.05, 4.69) is 5.32 Å². The Morgan fingerprint density at radius 1 is 1.00 bits per heavy atom. The van der Waals surface area contributed by atoms with Gasteiger partial charge >= 0.3 is 0 Å². The molecule has 1 atom stereocenters. The van der Waals surface area contributed by atoms with Crippen LogP contribution in [0.1, 0.15) is 61.8 Å². The Balaban J connectivity index is 1.96. The van der Waals surface area contributed by atoms with Crippen LogP contribution >= 0.6 is 0 Å². The van der Waals surface area contributed by atoms with Crippen molar-refractivity contribution >= 4 is 23.2 Å². The summed E-state index contributed by atoms with van der Waals surface area (Å²) in [5.41, 5.74) is 3.55. The zero-order valence-corrected chi connectivity index (χ0v) is 21.0. The molecule has 34 heavy (non-hydrogen) atoms. The Bertz CT molecular complexity index is 1100. The molecule has 0 saturated carbocycles. The maximum atomic E-state index is 13.5. The average molecular weight is 462 g/mol. The highest BCUT2D eigenvalue weighted by Crippen LogP contribution is 2.30. The summed E-state index contributed by atoms with van der Waals surface area (Å²) >= 11 is 0. The lowest BCUT2D eigenvalue weighted by molar-refractivity contribution is -0.117. The van der Waals surface area contributed by atoms with Crippen LogP contribution in [0.15, 0.2) is 71.3 Å². The summed E-state index contributed by atoms with van der Waals surface area (Å²) in [6.45, 7) is 8.48. The lowest BCUT2D eigenvalue weighted by Crippen LogP contribution is -2.33. The van der Waals surface area contributed by atoms with Gasteiger partial charge in [0.25, 0.3) is 5.91 Å². The molecule has 6 heteroatoms. The first-order valence-corrected chi connectivity index (χ1v) is 11.5. The van der Waals surface area contributed by atoms with Gasteiger partial charge in [0.1, 0.15) is 0 Å². The minimum atomic E-state index is -0.187. The Morgan fingerprint density at radius 2 is 1.71 bits per heavy atom. The monoisotopic (exact) mass is 461 g/mol. The molecule has 3 aromatic rings. The van der Waals surface area contributed by atoms with Gasteiger partial charge in [0.15, 0.2) is 5.76 Å². The Hall–Kier alpha value is -3.54. The highest BCUT2D eigenvalue weighted by molar-refractivity contribution is 5.92. The summed E-state index contributed by atoms with van der Waals surface area (Å²) in [6, 6.07) is 19.0. The predicted octanol–water partition coefficient (Wildman–Crippen LogP) is 6.12.